The molecule has 2 aromatic rings. The smallest absolute Gasteiger partial charge is 0.406 e. The molecule has 3 heterocycles. The topological polar surface area (TPSA) is 66.4 Å². The van der Waals surface area contributed by atoms with Crippen molar-refractivity contribution in [2.45, 2.75) is 31.3 Å². The predicted octanol–water partition coefficient (Wildman–Crippen LogP) is 3.25. The van der Waals surface area contributed by atoms with Crippen LogP contribution in [0.5, 0.6) is 5.75 Å². The number of alkyl halides is 3. The van der Waals surface area contributed by atoms with Crippen LogP contribution in [0.25, 0.3) is 0 Å². The van der Waals surface area contributed by atoms with E-state index >= 15 is 0 Å². The minimum atomic E-state index is -4.73. The molecule has 0 aromatic heterocycles. The van der Waals surface area contributed by atoms with Crippen LogP contribution in [-0.2, 0) is 16.1 Å². The van der Waals surface area contributed by atoms with E-state index in [1.54, 1.807) is 0 Å². The fourth-order valence-corrected chi connectivity index (χ4v) is 4.48. The van der Waals surface area contributed by atoms with Gasteiger partial charge in [-0.25, -0.2) is 15.3 Å². The Bertz CT molecular complexity index is 1060. The van der Waals surface area contributed by atoms with Gasteiger partial charge in [0.15, 0.2) is 11.6 Å². The van der Waals surface area contributed by atoms with Crippen molar-refractivity contribution in [1.82, 2.24) is 10.4 Å². The van der Waals surface area contributed by atoms with Gasteiger partial charge in [-0.05, 0) is 42.3 Å². The van der Waals surface area contributed by atoms with Crippen molar-refractivity contribution in [1.29, 1.82) is 0 Å². The number of anilines is 1. The van der Waals surface area contributed by atoms with Crippen LogP contribution in [0.15, 0.2) is 53.5 Å². The molecule has 2 aromatic carbocycles. The van der Waals surface area contributed by atoms with Crippen LogP contribution < -0.4 is 15.1 Å². The lowest BCUT2D eigenvalue weighted by Crippen LogP contribution is -2.48. The predicted molar refractivity (Wildman–Crippen MR) is 115 cm³/mol. The van der Waals surface area contributed by atoms with Gasteiger partial charge in [0.25, 0.3) is 0 Å². The van der Waals surface area contributed by atoms with Gasteiger partial charge < -0.3 is 9.64 Å². The summed E-state index contributed by atoms with van der Waals surface area (Å²) < 4.78 is 40.9. The molecule has 0 atom stereocenters. The first-order valence-corrected chi connectivity index (χ1v) is 10.8. The highest BCUT2D eigenvalue weighted by Gasteiger charge is 2.41. The van der Waals surface area contributed by atoms with Crippen molar-refractivity contribution >= 4 is 17.4 Å². The number of benzene rings is 2. The van der Waals surface area contributed by atoms with E-state index in [0.717, 1.165) is 12.1 Å². The summed E-state index contributed by atoms with van der Waals surface area (Å²) in [4.78, 5) is 27.3. The second kappa shape index (κ2) is 8.35. The molecule has 10 heteroatoms. The fourth-order valence-electron chi connectivity index (χ4n) is 4.48. The average molecular weight is 460 g/mol. The third kappa shape index (κ3) is 4.67. The molecule has 1 saturated heterocycles. The molecule has 1 amide bonds. The Labute approximate surface area is 188 Å². The molecular formula is C23H23F3N4O3. The van der Waals surface area contributed by atoms with Crippen molar-refractivity contribution in [2.75, 3.05) is 31.1 Å². The van der Waals surface area contributed by atoms with E-state index in [4.69, 9.17) is 4.84 Å². The highest BCUT2D eigenvalue weighted by Crippen LogP contribution is 2.32. The third-order valence-corrected chi connectivity index (χ3v) is 6.20. The van der Waals surface area contributed by atoms with Gasteiger partial charge in [0, 0.05) is 43.7 Å². The second-order valence-electron chi connectivity index (χ2n) is 8.38. The van der Waals surface area contributed by atoms with Gasteiger partial charge in [0.2, 0.25) is 5.91 Å². The Balaban J connectivity index is 1.17. The summed E-state index contributed by atoms with van der Waals surface area (Å²) >= 11 is 0. The number of rotatable bonds is 4. The lowest BCUT2D eigenvalue weighted by molar-refractivity contribution is -0.274. The lowest BCUT2D eigenvalue weighted by Gasteiger charge is -2.35. The number of piperidine rings is 1. The fraction of sp³-hybridized carbons (Fsp3) is 0.391. The first-order valence-electron chi connectivity index (χ1n) is 10.8. The van der Waals surface area contributed by atoms with E-state index < -0.39 is 12.1 Å². The molecule has 7 nitrogen and oxygen atoms in total. The summed E-state index contributed by atoms with van der Waals surface area (Å²) in [6, 6.07) is 13.5. The van der Waals surface area contributed by atoms with Gasteiger partial charge in [0.1, 0.15) is 5.75 Å². The second-order valence-corrected chi connectivity index (χ2v) is 8.38. The molecule has 1 fully saturated rings. The molecule has 0 radical (unpaired) electrons. The Morgan fingerprint density at radius 1 is 1.09 bits per heavy atom. The minimum Gasteiger partial charge on any atom is -0.406 e. The molecule has 3 aliphatic rings. The van der Waals surface area contributed by atoms with Gasteiger partial charge in [-0.2, -0.15) is 0 Å². The van der Waals surface area contributed by atoms with Gasteiger partial charge in [-0.1, -0.05) is 18.2 Å². The van der Waals surface area contributed by atoms with E-state index in [1.165, 1.54) is 29.8 Å². The summed E-state index contributed by atoms with van der Waals surface area (Å²) in [5.41, 5.74) is 4.87. The number of amidine groups is 1. The number of fused-ring (bicyclic) bond motifs is 1. The molecular weight excluding hydrogens is 437 g/mol. The summed E-state index contributed by atoms with van der Waals surface area (Å²) in [5.74, 6) is 0.262. The standard InChI is InChI=1S/C23H23F3N4O3/c24-23(25,26)32-18-7-5-17(6-8-18)21-27-22(33-28-21)10-13-29(14-11-22)15-20(31)30-12-9-16-3-1-2-4-19(16)30/h1-8H,9-15H2,(H,27,28). The number of carbonyl (C=O) groups excluding carboxylic acids is 1. The van der Waals surface area contributed by atoms with Crippen molar-refractivity contribution < 1.29 is 27.5 Å². The van der Waals surface area contributed by atoms with E-state index in [2.05, 4.69) is 26.2 Å². The Hall–Kier alpha value is -3.11. The number of carbonyl (C=O) groups is 1. The molecule has 33 heavy (non-hydrogen) atoms. The maximum Gasteiger partial charge on any atom is 0.573 e. The van der Waals surface area contributed by atoms with Crippen LogP contribution in [0.4, 0.5) is 18.9 Å². The van der Waals surface area contributed by atoms with Crippen molar-refractivity contribution in [2.24, 2.45) is 4.99 Å². The van der Waals surface area contributed by atoms with Gasteiger partial charge in [-0.15, -0.1) is 13.2 Å². The number of aliphatic imine (C=N–C) groups is 1. The Morgan fingerprint density at radius 3 is 2.55 bits per heavy atom. The summed E-state index contributed by atoms with van der Waals surface area (Å²) in [7, 11) is 0. The summed E-state index contributed by atoms with van der Waals surface area (Å²) in [6.45, 7) is 2.36. The number of nitrogens with one attached hydrogen (secondary N) is 1. The summed E-state index contributed by atoms with van der Waals surface area (Å²) in [6.07, 6.45) is -2.65. The molecule has 1 N–H and O–H groups in total. The zero-order valence-corrected chi connectivity index (χ0v) is 17.8. The monoisotopic (exact) mass is 460 g/mol. The van der Waals surface area contributed by atoms with Crippen LogP contribution in [-0.4, -0.2) is 54.9 Å². The normalized spacial score (nSPS) is 19.8. The van der Waals surface area contributed by atoms with Gasteiger partial charge in [0.05, 0.1) is 6.54 Å². The SMILES string of the molecule is O=C(CN1CCC2(CC1)N=C(c1ccc(OC(F)(F)F)cc1)NO2)N1CCc2ccccc21. The van der Waals surface area contributed by atoms with Crippen molar-refractivity contribution in [3.8, 4) is 5.75 Å². The Morgan fingerprint density at radius 2 is 1.82 bits per heavy atom. The van der Waals surface area contributed by atoms with Gasteiger partial charge >= 0.3 is 6.36 Å². The van der Waals surface area contributed by atoms with Crippen molar-refractivity contribution in [3.63, 3.8) is 0 Å². The number of amides is 1. The van der Waals surface area contributed by atoms with Crippen LogP contribution >= 0.6 is 0 Å². The molecule has 0 bridgehead atoms. The molecule has 3 aliphatic heterocycles. The quantitative estimate of drug-likeness (QED) is 0.759. The first kappa shape index (κ1) is 21.7. The minimum absolute atomic E-state index is 0.0896. The van der Waals surface area contributed by atoms with E-state index in [-0.39, 0.29) is 11.7 Å². The lowest BCUT2D eigenvalue weighted by atomic mass is 10.0. The number of likely N-dealkylation sites (tertiary alicyclic amines) is 1. The average Bonchev–Trinajstić information content (AvgIpc) is 3.40. The third-order valence-electron chi connectivity index (χ3n) is 6.20. The number of halogens is 3. The maximum absolute atomic E-state index is 12.9. The summed E-state index contributed by atoms with van der Waals surface area (Å²) in [5, 5.41) is 0. The number of nitrogens with zero attached hydrogens (tertiary/aromatic N) is 3. The van der Waals surface area contributed by atoms with Crippen LogP contribution in [0, 0.1) is 0 Å². The highest BCUT2D eigenvalue weighted by atomic mass is 19.4. The first-order chi connectivity index (χ1) is 15.8. The largest absolute Gasteiger partial charge is 0.573 e. The van der Waals surface area contributed by atoms with E-state index in [1.807, 2.05) is 23.1 Å². The van der Waals surface area contributed by atoms with Crippen LogP contribution in [0.1, 0.15) is 24.0 Å². The van der Waals surface area contributed by atoms with E-state index in [0.29, 0.717) is 50.4 Å². The number of ether oxygens (including phenoxy) is 1. The zero-order chi connectivity index (χ0) is 23.1. The number of hydrogen-bond donors (Lipinski definition) is 1. The maximum atomic E-state index is 12.9. The molecule has 0 unspecified atom stereocenters. The van der Waals surface area contributed by atoms with Crippen molar-refractivity contribution in [3.05, 3.63) is 59.7 Å². The number of hydroxylamine groups is 1. The molecule has 0 saturated carbocycles. The Kier molecular flexibility index (Phi) is 5.49. The molecule has 5 rings (SSSR count). The van der Waals surface area contributed by atoms with Crippen LogP contribution in [0.2, 0.25) is 0 Å². The molecule has 1 spiro atoms. The zero-order valence-electron chi connectivity index (χ0n) is 17.8. The van der Waals surface area contributed by atoms with Crippen LogP contribution in [0.3, 0.4) is 0 Å². The number of para-hydroxylation sites is 1. The highest BCUT2D eigenvalue weighted by molar-refractivity contribution is 5.99. The van der Waals surface area contributed by atoms with E-state index in [9.17, 15) is 18.0 Å². The van der Waals surface area contributed by atoms with Gasteiger partial charge in [-0.3, -0.25) is 9.69 Å². The number of hydrogen-bond acceptors (Lipinski definition) is 6. The molecule has 0 aliphatic carbocycles. The molecule has 174 valence electrons.